The highest BCUT2D eigenvalue weighted by molar-refractivity contribution is 7.98. The number of aliphatic hydroxyl groups is 1. The maximum atomic E-state index is 13.3. The summed E-state index contributed by atoms with van der Waals surface area (Å²) >= 11 is 1.65. The Kier molecular flexibility index (Phi) is 5.55. The van der Waals surface area contributed by atoms with E-state index in [1.165, 1.54) is 0 Å². The number of aliphatic hydroxyl groups excluding tert-OH is 1. The lowest BCUT2D eigenvalue weighted by Gasteiger charge is -2.09. The molecule has 0 amide bonds. The van der Waals surface area contributed by atoms with Gasteiger partial charge in [0.15, 0.2) is 17.4 Å². The van der Waals surface area contributed by atoms with E-state index >= 15 is 0 Å². The molecular formula is C11H14F2O2S. The zero-order valence-electron chi connectivity index (χ0n) is 9.00. The Hall–Kier alpha value is -0.810. The van der Waals surface area contributed by atoms with Crippen LogP contribution in [0.5, 0.6) is 5.75 Å². The van der Waals surface area contributed by atoms with Crippen molar-refractivity contribution < 1.29 is 18.6 Å². The van der Waals surface area contributed by atoms with Crippen LogP contribution in [0.3, 0.4) is 0 Å². The van der Waals surface area contributed by atoms with Gasteiger partial charge in [0.1, 0.15) is 0 Å². The number of hydrogen-bond acceptors (Lipinski definition) is 3. The largest absolute Gasteiger partial charge is 0.488 e. The maximum Gasteiger partial charge on any atom is 0.190 e. The molecule has 0 saturated heterocycles. The molecule has 1 rings (SSSR count). The second kappa shape index (κ2) is 6.70. The van der Waals surface area contributed by atoms with Crippen LogP contribution in [0.15, 0.2) is 12.1 Å². The Morgan fingerprint density at radius 2 is 1.94 bits per heavy atom. The SMILES string of the molecule is CSCCCOc1c(F)cc(CO)cc1F. The zero-order chi connectivity index (χ0) is 12.0. The summed E-state index contributed by atoms with van der Waals surface area (Å²) in [5.41, 5.74) is 0.200. The molecule has 0 radical (unpaired) electrons. The predicted molar refractivity (Wildman–Crippen MR) is 60.8 cm³/mol. The van der Waals surface area contributed by atoms with Crippen molar-refractivity contribution >= 4 is 11.8 Å². The van der Waals surface area contributed by atoms with Gasteiger partial charge in [0.05, 0.1) is 13.2 Å². The van der Waals surface area contributed by atoms with Crippen LogP contribution < -0.4 is 4.74 Å². The lowest BCUT2D eigenvalue weighted by atomic mass is 10.2. The molecule has 0 atom stereocenters. The Bertz CT molecular complexity index is 322. The third kappa shape index (κ3) is 3.64. The number of rotatable bonds is 6. The number of hydrogen-bond donors (Lipinski definition) is 1. The van der Waals surface area contributed by atoms with Crippen LogP contribution in [0.1, 0.15) is 12.0 Å². The minimum atomic E-state index is -0.770. The van der Waals surface area contributed by atoms with Crippen molar-refractivity contribution in [2.45, 2.75) is 13.0 Å². The molecule has 5 heteroatoms. The van der Waals surface area contributed by atoms with Gasteiger partial charge in [-0.1, -0.05) is 0 Å². The standard InChI is InChI=1S/C11H14F2O2S/c1-16-4-2-3-15-11-9(12)5-8(7-14)6-10(11)13/h5-6,14H,2-4,7H2,1H3. The molecule has 2 nitrogen and oxygen atoms in total. The highest BCUT2D eigenvalue weighted by Gasteiger charge is 2.12. The van der Waals surface area contributed by atoms with Gasteiger partial charge in [-0.3, -0.25) is 0 Å². The first-order valence-electron chi connectivity index (χ1n) is 4.89. The second-order valence-corrected chi connectivity index (χ2v) is 4.23. The van der Waals surface area contributed by atoms with Gasteiger partial charge in [-0.2, -0.15) is 11.8 Å². The van der Waals surface area contributed by atoms with Crippen molar-refractivity contribution in [3.63, 3.8) is 0 Å². The minimum Gasteiger partial charge on any atom is -0.488 e. The van der Waals surface area contributed by atoms with E-state index in [2.05, 4.69) is 0 Å². The van der Waals surface area contributed by atoms with E-state index in [1.807, 2.05) is 6.26 Å². The fourth-order valence-corrected chi connectivity index (χ4v) is 1.63. The van der Waals surface area contributed by atoms with Gasteiger partial charge < -0.3 is 9.84 Å². The van der Waals surface area contributed by atoms with Crippen molar-refractivity contribution in [3.8, 4) is 5.75 Å². The van der Waals surface area contributed by atoms with Gasteiger partial charge in [-0.05, 0) is 36.1 Å². The van der Waals surface area contributed by atoms with E-state index < -0.39 is 11.6 Å². The van der Waals surface area contributed by atoms with Gasteiger partial charge in [0, 0.05) is 0 Å². The van der Waals surface area contributed by atoms with Crippen molar-refractivity contribution in [3.05, 3.63) is 29.3 Å². The Balaban J connectivity index is 2.65. The summed E-state index contributed by atoms with van der Waals surface area (Å²) in [5, 5.41) is 8.75. The average Bonchev–Trinajstić information content (AvgIpc) is 2.26. The van der Waals surface area contributed by atoms with Gasteiger partial charge in [0.25, 0.3) is 0 Å². The molecule has 0 aliphatic carbocycles. The molecule has 1 aromatic rings. The molecule has 0 bridgehead atoms. The second-order valence-electron chi connectivity index (χ2n) is 3.24. The van der Waals surface area contributed by atoms with E-state index in [0.29, 0.717) is 0 Å². The summed E-state index contributed by atoms with van der Waals surface area (Å²) < 4.78 is 31.7. The van der Waals surface area contributed by atoms with Crippen LogP contribution in [0, 0.1) is 11.6 Å². The van der Waals surface area contributed by atoms with E-state index in [-0.39, 0.29) is 24.5 Å². The van der Waals surface area contributed by atoms with Crippen LogP contribution in [-0.2, 0) is 6.61 Å². The summed E-state index contributed by atoms with van der Waals surface area (Å²) in [6, 6.07) is 2.15. The molecule has 0 aliphatic heterocycles. The van der Waals surface area contributed by atoms with E-state index in [4.69, 9.17) is 9.84 Å². The number of benzene rings is 1. The molecule has 0 unspecified atom stereocenters. The fraction of sp³-hybridized carbons (Fsp3) is 0.455. The summed E-state index contributed by atoms with van der Waals surface area (Å²) in [5.74, 6) is -1.02. The van der Waals surface area contributed by atoms with E-state index in [9.17, 15) is 8.78 Å². The van der Waals surface area contributed by atoms with Gasteiger partial charge in [-0.15, -0.1) is 0 Å². The van der Waals surface area contributed by atoms with Gasteiger partial charge in [0.2, 0.25) is 0 Å². The van der Waals surface area contributed by atoms with E-state index in [1.54, 1.807) is 11.8 Å². The first kappa shape index (κ1) is 13.3. The molecule has 0 heterocycles. The molecule has 0 aliphatic rings. The molecule has 90 valence electrons. The van der Waals surface area contributed by atoms with Crippen LogP contribution in [-0.4, -0.2) is 23.7 Å². The molecule has 0 aromatic heterocycles. The highest BCUT2D eigenvalue weighted by atomic mass is 32.2. The third-order valence-electron chi connectivity index (χ3n) is 1.98. The third-order valence-corrected chi connectivity index (χ3v) is 2.68. The number of ether oxygens (including phenoxy) is 1. The van der Waals surface area contributed by atoms with Crippen molar-refractivity contribution in [2.24, 2.45) is 0 Å². The topological polar surface area (TPSA) is 29.5 Å². The molecule has 0 fully saturated rings. The van der Waals surface area contributed by atoms with Gasteiger partial charge >= 0.3 is 0 Å². The van der Waals surface area contributed by atoms with Crippen LogP contribution in [0.4, 0.5) is 8.78 Å². The average molecular weight is 248 g/mol. The number of thioether (sulfide) groups is 1. The lowest BCUT2D eigenvalue weighted by molar-refractivity contribution is 0.272. The molecule has 0 saturated carbocycles. The molecule has 1 aromatic carbocycles. The molecule has 16 heavy (non-hydrogen) atoms. The molecule has 1 N–H and O–H groups in total. The van der Waals surface area contributed by atoms with Crippen molar-refractivity contribution in [2.75, 3.05) is 18.6 Å². The molecule has 0 spiro atoms. The first-order valence-corrected chi connectivity index (χ1v) is 6.29. The van der Waals surface area contributed by atoms with Crippen molar-refractivity contribution in [1.29, 1.82) is 0 Å². The number of halogens is 2. The molecular weight excluding hydrogens is 234 g/mol. The quantitative estimate of drug-likeness (QED) is 0.785. The minimum absolute atomic E-state index is 0.200. The highest BCUT2D eigenvalue weighted by Crippen LogP contribution is 2.23. The summed E-state index contributed by atoms with van der Waals surface area (Å²) in [7, 11) is 0. The van der Waals surface area contributed by atoms with Crippen LogP contribution in [0.2, 0.25) is 0 Å². The Labute approximate surface area is 97.6 Å². The summed E-state index contributed by atoms with van der Waals surface area (Å²) in [4.78, 5) is 0. The first-order chi connectivity index (χ1) is 7.69. The van der Waals surface area contributed by atoms with Crippen molar-refractivity contribution in [1.82, 2.24) is 0 Å². The summed E-state index contributed by atoms with van der Waals surface area (Å²) in [6.45, 7) is -0.103. The Morgan fingerprint density at radius 1 is 1.31 bits per heavy atom. The van der Waals surface area contributed by atoms with Crippen LogP contribution in [0.25, 0.3) is 0 Å². The maximum absolute atomic E-state index is 13.3. The van der Waals surface area contributed by atoms with Crippen LogP contribution >= 0.6 is 11.8 Å². The van der Waals surface area contributed by atoms with E-state index in [0.717, 1.165) is 24.3 Å². The lowest BCUT2D eigenvalue weighted by Crippen LogP contribution is -2.03. The Morgan fingerprint density at radius 3 is 2.44 bits per heavy atom. The smallest absolute Gasteiger partial charge is 0.190 e. The summed E-state index contributed by atoms with van der Waals surface area (Å²) in [6.07, 6.45) is 2.69. The predicted octanol–water partition coefficient (Wildman–Crippen LogP) is 2.59. The normalized spacial score (nSPS) is 10.5. The monoisotopic (exact) mass is 248 g/mol. The van der Waals surface area contributed by atoms with Gasteiger partial charge in [-0.25, -0.2) is 8.78 Å². The fourth-order valence-electron chi connectivity index (χ4n) is 1.22. The zero-order valence-corrected chi connectivity index (χ0v) is 9.82.